The topological polar surface area (TPSA) is 102 Å². The van der Waals surface area contributed by atoms with Crippen LogP contribution in [0.25, 0.3) is 0 Å². The van der Waals surface area contributed by atoms with Crippen LogP contribution in [0.3, 0.4) is 0 Å². The van der Waals surface area contributed by atoms with E-state index in [1.54, 1.807) is 13.8 Å². The number of hydrogen-bond donors (Lipinski definition) is 2. The number of carbonyl (C=O) groups excluding carboxylic acids is 2. The molecule has 0 aromatic rings. The highest BCUT2D eigenvalue weighted by Crippen LogP contribution is 2.14. The Morgan fingerprint density at radius 1 is 1.45 bits per heavy atom. The molecule has 1 aliphatic rings. The Hall–Kier alpha value is -1.63. The second kappa shape index (κ2) is 7.84. The van der Waals surface area contributed by atoms with Crippen molar-refractivity contribution in [1.29, 1.82) is 0 Å². The minimum absolute atomic E-state index is 0.00742. The summed E-state index contributed by atoms with van der Waals surface area (Å²) in [6, 6.07) is -1.09. The molecule has 1 fully saturated rings. The third-order valence-corrected chi connectivity index (χ3v) is 3.19. The van der Waals surface area contributed by atoms with E-state index in [4.69, 9.17) is 14.6 Å². The molecule has 0 radical (unpaired) electrons. The van der Waals surface area contributed by atoms with Gasteiger partial charge >= 0.3 is 11.9 Å². The van der Waals surface area contributed by atoms with Crippen LogP contribution in [0.1, 0.15) is 26.7 Å². The molecule has 0 aromatic heterocycles. The molecule has 0 spiro atoms. The molecule has 20 heavy (non-hydrogen) atoms. The largest absolute Gasteiger partial charge is 0.480 e. The van der Waals surface area contributed by atoms with Gasteiger partial charge in [-0.05, 0) is 19.8 Å². The SMILES string of the molecule is CCOC(=O)[C@H](C)C[C@H](NC(=O)[C@@H]1CCOC1)C(=O)O. The summed E-state index contributed by atoms with van der Waals surface area (Å²) in [7, 11) is 0. The zero-order valence-electron chi connectivity index (χ0n) is 11.8. The number of carboxylic acid groups (broad SMARTS) is 1. The molecule has 1 amide bonds. The van der Waals surface area contributed by atoms with Crippen molar-refractivity contribution >= 4 is 17.8 Å². The first-order valence-electron chi connectivity index (χ1n) is 6.73. The lowest BCUT2D eigenvalue weighted by Gasteiger charge is -2.19. The number of carboxylic acids is 1. The second-order valence-corrected chi connectivity index (χ2v) is 4.85. The van der Waals surface area contributed by atoms with Gasteiger partial charge in [0, 0.05) is 6.61 Å². The van der Waals surface area contributed by atoms with Crippen LogP contribution in [0.5, 0.6) is 0 Å². The van der Waals surface area contributed by atoms with Gasteiger partial charge in [0.25, 0.3) is 0 Å². The molecule has 1 heterocycles. The van der Waals surface area contributed by atoms with Gasteiger partial charge in [0.1, 0.15) is 6.04 Å². The molecule has 1 saturated heterocycles. The predicted molar refractivity (Wildman–Crippen MR) is 68.9 cm³/mol. The maximum Gasteiger partial charge on any atom is 0.326 e. The van der Waals surface area contributed by atoms with Crippen LogP contribution in [-0.4, -0.2) is 48.8 Å². The van der Waals surface area contributed by atoms with Gasteiger partial charge in [-0.3, -0.25) is 9.59 Å². The van der Waals surface area contributed by atoms with Crippen LogP contribution in [0.2, 0.25) is 0 Å². The van der Waals surface area contributed by atoms with Gasteiger partial charge < -0.3 is 19.9 Å². The molecule has 114 valence electrons. The first-order chi connectivity index (χ1) is 9.45. The quantitative estimate of drug-likeness (QED) is 0.648. The number of hydrogen-bond acceptors (Lipinski definition) is 5. The highest BCUT2D eigenvalue weighted by Gasteiger charge is 2.30. The van der Waals surface area contributed by atoms with Crippen LogP contribution in [0, 0.1) is 11.8 Å². The molecular weight excluding hydrogens is 266 g/mol. The van der Waals surface area contributed by atoms with Crippen LogP contribution < -0.4 is 5.32 Å². The Kier molecular flexibility index (Phi) is 6.44. The maximum absolute atomic E-state index is 11.9. The monoisotopic (exact) mass is 287 g/mol. The van der Waals surface area contributed by atoms with E-state index in [9.17, 15) is 14.4 Å². The van der Waals surface area contributed by atoms with Gasteiger partial charge in [0.2, 0.25) is 5.91 Å². The van der Waals surface area contributed by atoms with Crippen molar-refractivity contribution in [1.82, 2.24) is 5.32 Å². The van der Waals surface area contributed by atoms with Crippen molar-refractivity contribution in [2.75, 3.05) is 19.8 Å². The van der Waals surface area contributed by atoms with E-state index in [0.717, 1.165) is 0 Å². The summed E-state index contributed by atoms with van der Waals surface area (Å²) in [6.45, 7) is 4.33. The van der Waals surface area contributed by atoms with E-state index >= 15 is 0 Å². The summed E-state index contributed by atoms with van der Waals surface area (Å²) in [5.74, 6) is -2.86. The molecular formula is C13H21NO6. The lowest BCUT2D eigenvalue weighted by Crippen LogP contribution is -2.45. The minimum Gasteiger partial charge on any atom is -0.480 e. The fourth-order valence-electron chi connectivity index (χ4n) is 1.99. The second-order valence-electron chi connectivity index (χ2n) is 4.85. The normalized spacial score (nSPS) is 21.0. The fraction of sp³-hybridized carbons (Fsp3) is 0.769. The molecule has 7 heteroatoms. The van der Waals surface area contributed by atoms with Crippen LogP contribution in [0.15, 0.2) is 0 Å². The van der Waals surface area contributed by atoms with E-state index in [-0.39, 0.29) is 24.9 Å². The van der Waals surface area contributed by atoms with Gasteiger partial charge in [0.05, 0.1) is 25.0 Å². The van der Waals surface area contributed by atoms with Gasteiger partial charge in [-0.2, -0.15) is 0 Å². The van der Waals surface area contributed by atoms with Crippen LogP contribution in [-0.2, 0) is 23.9 Å². The standard InChI is InChI=1S/C13H21NO6/c1-3-20-13(18)8(2)6-10(12(16)17)14-11(15)9-4-5-19-7-9/h8-10H,3-7H2,1-2H3,(H,14,15)(H,16,17)/t8-,9-,10+/m1/s1. The Labute approximate surface area is 117 Å². The third kappa shape index (κ3) is 4.80. The number of rotatable bonds is 7. The van der Waals surface area contributed by atoms with Crippen molar-refractivity contribution in [3.05, 3.63) is 0 Å². The zero-order valence-corrected chi connectivity index (χ0v) is 11.8. The first-order valence-corrected chi connectivity index (χ1v) is 6.73. The van der Waals surface area contributed by atoms with E-state index < -0.39 is 23.9 Å². The van der Waals surface area contributed by atoms with E-state index in [2.05, 4.69) is 5.32 Å². The van der Waals surface area contributed by atoms with Crippen molar-refractivity contribution in [2.45, 2.75) is 32.7 Å². The Morgan fingerprint density at radius 3 is 2.65 bits per heavy atom. The fourth-order valence-corrected chi connectivity index (χ4v) is 1.99. The van der Waals surface area contributed by atoms with Gasteiger partial charge in [-0.1, -0.05) is 6.92 Å². The summed E-state index contributed by atoms with van der Waals surface area (Å²) < 4.78 is 9.91. The number of aliphatic carboxylic acids is 1. The van der Waals surface area contributed by atoms with Crippen LogP contribution >= 0.6 is 0 Å². The van der Waals surface area contributed by atoms with Gasteiger partial charge in [0.15, 0.2) is 0 Å². The number of amides is 1. The number of carbonyl (C=O) groups is 3. The van der Waals surface area contributed by atoms with Gasteiger partial charge in [-0.25, -0.2) is 4.79 Å². The highest BCUT2D eigenvalue weighted by molar-refractivity contribution is 5.85. The van der Waals surface area contributed by atoms with Crippen molar-refractivity contribution in [2.24, 2.45) is 11.8 Å². The molecule has 0 bridgehead atoms. The number of esters is 1. The van der Waals surface area contributed by atoms with Crippen molar-refractivity contribution < 1.29 is 29.0 Å². The molecule has 0 unspecified atom stereocenters. The van der Waals surface area contributed by atoms with Crippen LogP contribution in [0.4, 0.5) is 0 Å². The summed E-state index contributed by atoms with van der Waals surface area (Å²) in [5.41, 5.74) is 0. The third-order valence-electron chi connectivity index (χ3n) is 3.19. The number of nitrogens with one attached hydrogen (secondary N) is 1. The summed E-state index contributed by atoms with van der Waals surface area (Å²) in [5, 5.41) is 11.6. The van der Waals surface area contributed by atoms with E-state index in [1.807, 2.05) is 0 Å². The predicted octanol–water partition coefficient (Wildman–Crippen LogP) is 0.182. The Morgan fingerprint density at radius 2 is 2.15 bits per heavy atom. The van der Waals surface area contributed by atoms with Gasteiger partial charge in [-0.15, -0.1) is 0 Å². The lowest BCUT2D eigenvalue weighted by molar-refractivity contribution is -0.149. The van der Waals surface area contributed by atoms with Crippen molar-refractivity contribution in [3.8, 4) is 0 Å². The molecule has 2 N–H and O–H groups in total. The lowest BCUT2D eigenvalue weighted by atomic mass is 10.0. The number of ether oxygens (including phenoxy) is 2. The molecule has 0 aliphatic carbocycles. The van der Waals surface area contributed by atoms with E-state index in [0.29, 0.717) is 19.6 Å². The first kappa shape index (κ1) is 16.4. The summed E-state index contributed by atoms with van der Waals surface area (Å²) in [4.78, 5) is 34.5. The van der Waals surface area contributed by atoms with Crippen molar-refractivity contribution in [3.63, 3.8) is 0 Å². The minimum atomic E-state index is -1.16. The molecule has 3 atom stereocenters. The zero-order chi connectivity index (χ0) is 15.1. The Balaban J connectivity index is 2.53. The molecule has 1 aliphatic heterocycles. The average Bonchev–Trinajstić information content (AvgIpc) is 2.91. The average molecular weight is 287 g/mol. The highest BCUT2D eigenvalue weighted by atomic mass is 16.5. The molecule has 0 aromatic carbocycles. The maximum atomic E-state index is 11.9. The molecule has 7 nitrogen and oxygen atoms in total. The Bertz CT molecular complexity index is 364. The smallest absolute Gasteiger partial charge is 0.326 e. The summed E-state index contributed by atoms with van der Waals surface area (Å²) >= 11 is 0. The molecule has 1 rings (SSSR count). The summed E-state index contributed by atoms with van der Waals surface area (Å²) in [6.07, 6.45) is 0.596. The van der Waals surface area contributed by atoms with E-state index in [1.165, 1.54) is 0 Å². The molecule has 0 saturated carbocycles.